The van der Waals surface area contributed by atoms with E-state index >= 15 is 0 Å². The summed E-state index contributed by atoms with van der Waals surface area (Å²) in [6.07, 6.45) is 1.04. The highest BCUT2D eigenvalue weighted by Gasteiger charge is 2.29. The van der Waals surface area contributed by atoms with Gasteiger partial charge in [0.2, 0.25) is 0 Å². The molecule has 4 nitrogen and oxygen atoms in total. The van der Waals surface area contributed by atoms with Gasteiger partial charge in [-0.1, -0.05) is 0 Å². The lowest BCUT2D eigenvalue weighted by atomic mass is 10.1. The van der Waals surface area contributed by atoms with Crippen LogP contribution in [0.2, 0.25) is 0 Å². The van der Waals surface area contributed by atoms with E-state index in [1.165, 1.54) is 6.92 Å². The third-order valence-electron chi connectivity index (χ3n) is 2.17. The molecule has 1 fully saturated rings. The van der Waals surface area contributed by atoms with Crippen molar-refractivity contribution in [1.82, 2.24) is 4.90 Å². The van der Waals surface area contributed by atoms with Gasteiger partial charge in [-0.2, -0.15) is 0 Å². The molecule has 1 atom stereocenters. The van der Waals surface area contributed by atoms with Crippen LogP contribution >= 0.6 is 0 Å². The van der Waals surface area contributed by atoms with E-state index in [2.05, 4.69) is 0 Å². The van der Waals surface area contributed by atoms with Crippen molar-refractivity contribution >= 4 is 11.9 Å². The average molecular weight is 185 g/mol. The van der Waals surface area contributed by atoms with Gasteiger partial charge in [0.05, 0.1) is 0 Å². The first kappa shape index (κ1) is 10.0. The summed E-state index contributed by atoms with van der Waals surface area (Å²) in [5.41, 5.74) is 0. The summed E-state index contributed by atoms with van der Waals surface area (Å²) in [6.45, 7) is 4.73. The van der Waals surface area contributed by atoms with Crippen LogP contribution < -0.4 is 0 Å². The molecule has 4 heteroatoms. The molecule has 0 bridgehead atoms. The molecule has 0 radical (unpaired) electrons. The predicted molar refractivity (Wildman–Crippen MR) is 47.0 cm³/mol. The SMILES string of the molecule is CCN1CCC[C@H](OC(C)=O)C1=O. The molecule has 74 valence electrons. The van der Waals surface area contributed by atoms with Gasteiger partial charge in [-0.05, 0) is 19.8 Å². The van der Waals surface area contributed by atoms with Gasteiger partial charge in [-0.15, -0.1) is 0 Å². The average Bonchev–Trinajstić information content (AvgIpc) is 2.08. The smallest absolute Gasteiger partial charge is 0.303 e. The topological polar surface area (TPSA) is 46.6 Å². The number of piperidine rings is 1. The Balaban J connectivity index is 2.54. The molecule has 0 saturated carbocycles. The number of rotatable bonds is 2. The molecule has 0 aliphatic carbocycles. The highest BCUT2D eigenvalue weighted by Crippen LogP contribution is 2.14. The molecule has 0 aromatic carbocycles. The molecular formula is C9H15NO3. The van der Waals surface area contributed by atoms with Gasteiger partial charge in [-0.25, -0.2) is 0 Å². The maximum absolute atomic E-state index is 11.5. The lowest BCUT2D eigenvalue weighted by molar-refractivity contribution is -0.161. The van der Waals surface area contributed by atoms with E-state index in [1.54, 1.807) is 4.90 Å². The summed E-state index contributed by atoms with van der Waals surface area (Å²) < 4.78 is 4.91. The summed E-state index contributed by atoms with van der Waals surface area (Å²) in [5, 5.41) is 0. The molecule has 13 heavy (non-hydrogen) atoms. The van der Waals surface area contributed by atoms with Crippen molar-refractivity contribution in [3.05, 3.63) is 0 Å². The second kappa shape index (κ2) is 4.25. The van der Waals surface area contributed by atoms with E-state index in [-0.39, 0.29) is 11.9 Å². The molecule has 1 aliphatic heterocycles. The molecule has 1 rings (SSSR count). The van der Waals surface area contributed by atoms with Crippen molar-refractivity contribution < 1.29 is 14.3 Å². The Morgan fingerprint density at radius 3 is 2.92 bits per heavy atom. The van der Waals surface area contributed by atoms with E-state index < -0.39 is 6.10 Å². The van der Waals surface area contributed by atoms with Crippen molar-refractivity contribution in [3.63, 3.8) is 0 Å². The number of carbonyl (C=O) groups is 2. The standard InChI is InChI=1S/C9H15NO3/c1-3-10-6-4-5-8(9(10)12)13-7(2)11/h8H,3-6H2,1-2H3/t8-/m0/s1. The Bertz CT molecular complexity index is 215. The van der Waals surface area contributed by atoms with E-state index in [4.69, 9.17) is 4.74 Å². The number of likely N-dealkylation sites (tertiary alicyclic amines) is 1. The van der Waals surface area contributed by atoms with Gasteiger partial charge in [-0.3, -0.25) is 9.59 Å². The minimum absolute atomic E-state index is 0.0519. The summed E-state index contributed by atoms with van der Waals surface area (Å²) in [5.74, 6) is -0.430. The van der Waals surface area contributed by atoms with Gasteiger partial charge in [0.1, 0.15) is 0 Å². The van der Waals surface area contributed by atoms with E-state index in [0.29, 0.717) is 13.0 Å². The quantitative estimate of drug-likeness (QED) is 0.590. The van der Waals surface area contributed by atoms with Gasteiger partial charge >= 0.3 is 5.97 Å². The van der Waals surface area contributed by atoms with Crippen LogP contribution in [0.3, 0.4) is 0 Å². The van der Waals surface area contributed by atoms with Gasteiger partial charge < -0.3 is 9.64 Å². The molecule has 1 heterocycles. The van der Waals surface area contributed by atoms with Crippen molar-refractivity contribution in [2.45, 2.75) is 32.8 Å². The van der Waals surface area contributed by atoms with Crippen LogP contribution in [0.15, 0.2) is 0 Å². The van der Waals surface area contributed by atoms with Crippen LogP contribution in [0.4, 0.5) is 0 Å². The fraction of sp³-hybridized carbons (Fsp3) is 0.778. The van der Waals surface area contributed by atoms with Crippen LogP contribution in [0, 0.1) is 0 Å². The molecule has 1 amide bonds. The van der Waals surface area contributed by atoms with Gasteiger partial charge in [0.25, 0.3) is 5.91 Å². The zero-order valence-electron chi connectivity index (χ0n) is 8.08. The summed E-state index contributed by atoms with van der Waals surface area (Å²) in [6, 6.07) is 0. The van der Waals surface area contributed by atoms with Gasteiger partial charge in [0, 0.05) is 20.0 Å². The Morgan fingerprint density at radius 2 is 2.38 bits per heavy atom. The number of hydrogen-bond acceptors (Lipinski definition) is 3. The molecule has 0 spiro atoms. The number of amides is 1. The maximum atomic E-state index is 11.5. The molecule has 1 saturated heterocycles. The normalized spacial score (nSPS) is 23.1. The highest BCUT2D eigenvalue weighted by atomic mass is 16.5. The second-order valence-electron chi connectivity index (χ2n) is 3.16. The zero-order valence-corrected chi connectivity index (χ0v) is 8.08. The predicted octanol–water partition coefficient (Wildman–Crippen LogP) is 0.560. The molecular weight excluding hydrogens is 170 g/mol. The summed E-state index contributed by atoms with van der Waals surface area (Å²) in [4.78, 5) is 23.9. The molecule has 1 aliphatic rings. The number of ether oxygens (including phenoxy) is 1. The third-order valence-corrected chi connectivity index (χ3v) is 2.17. The van der Waals surface area contributed by atoms with Crippen molar-refractivity contribution in [2.75, 3.05) is 13.1 Å². The van der Waals surface area contributed by atoms with Crippen molar-refractivity contribution in [2.24, 2.45) is 0 Å². The lowest BCUT2D eigenvalue weighted by Crippen LogP contribution is -2.45. The van der Waals surface area contributed by atoms with Crippen LogP contribution in [-0.2, 0) is 14.3 Å². The summed E-state index contributed by atoms with van der Waals surface area (Å²) >= 11 is 0. The first-order chi connectivity index (χ1) is 6.15. The monoisotopic (exact) mass is 185 g/mol. The first-order valence-corrected chi connectivity index (χ1v) is 4.61. The molecule has 0 N–H and O–H groups in total. The van der Waals surface area contributed by atoms with Crippen LogP contribution in [0.25, 0.3) is 0 Å². The van der Waals surface area contributed by atoms with Crippen LogP contribution in [0.5, 0.6) is 0 Å². The number of hydrogen-bond donors (Lipinski definition) is 0. The first-order valence-electron chi connectivity index (χ1n) is 4.61. The van der Waals surface area contributed by atoms with Crippen molar-refractivity contribution in [3.8, 4) is 0 Å². The van der Waals surface area contributed by atoms with Gasteiger partial charge in [0.15, 0.2) is 6.10 Å². The Kier molecular flexibility index (Phi) is 3.28. The maximum Gasteiger partial charge on any atom is 0.303 e. The number of likely N-dealkylation sites (N-methyl/N-ethyl adjacent to an activating group) is 1. The van der Waals surface area contributed by atoms with E-state index in [0.717, 1.165) is 13.0 Å². The molecule has 0 aromatic rings. The van der Waals surface area contributed by atoms with E-state index in [9.17, 15) is 9.59 Å². The molecule has 0 aromatic heterocycles. The Morgan fingerprint density at radius 1 is 1.69 bits per heavy atom. The Labute approximate surface area is 77.8 Å². The van der Waals surface area contributed by atoms with E-state index in [1.807, 2.05) is 6.92 Å². The Hall–Kier alpha value is -1.06. The van der Waals surface area contributed by atoms with Crippen molar-refractivity contribution in [1.29, 1.82) is 0 Å². The number of carbonyl (C=O) groups excluding carboxylic acids is 2. The molecule has 0 unspecified atom stereocenters. The largest absolute Gasteiger partial charge is 0.452 e. The number of nitrogens with zero attached hydrogens (tertiary/aromatic N) is 1. The third kappa shape index (κ3) is 2.44. The highest BCUT2D eigenvalue weighted by molar-refractivity contribution is 5.84. The number of esters is 1. The zero-order chi connectivity index (χ0) is 9.84. The summed E-state index contributed by atoms with van der Waals surface area (Å²) in [7, 11) is 0. The fourth-order valence-corrected chi connectivity index (χ4v) is 1.53. The van der Waals surface area contributed by atoms with Crippen LogP contribution in [0.1, 0.15) is 26.7 Å². The minimum atomic E-state index is -0.536. The minimum Gasteiger partial charge on any atom is -0.452 e. The van der Waals surface area contributed by atoms with Crippen LogP contribution in [-0.4, -0.2) is 36.0 Å². The lowest BCUT2D eigenvalue weighted by Gasteiger charge is -2.30. The second-order valence-corrected chi connectivity index (χ2v) is 3.16. The fourth-order valence-electron chi connectivity index (χ4n) is 1.53.